The van der Waals surface area contributed by atoms with Gasteiger partial charge in [-0.15, -0.1) is 12.3 Å². The highest BCUT2D eigenvalue weighted by atomic mass is 16.6. The molecular formula is C17H19NO2. The number of carbonyl (C=O) groups excluding carboxylic acids is 1. The van der Waals surface area contributed by atoms with E-state index in [1.807, 2.05) is 45.9 Å². The van der Waals surface area contributed by atoms with Crippen molar-refractivity contribution in [3.8, 4) is 12.3 Å². The van der Waals surface area contributed by atoms with E-state index in [-0.39, 0.29) is 6.09 Å². The number of carbonyl (C=O) groups is 1. The first-order chi connectivity index (χ1) is 9.31. The van der Waals surface area contributed by atoms with E-state index in [1.54, 1.807) is 10.8 Å². The molecule has 0 saturated carbocycles. The number of aryl methyl sites for hydroxylation is 1. The third-order valence-corrected chi connectivity index (χ3v) is 2.93. The Morgan fingerprint density at radius 2 is 2.10 bits per heavy atom. The second-order valence-corrected chi connectivity index (χ2v) is 5.90. The summed E-state index contributed by atoms with van der Waals surface area (Å²) >= 11 is 0. The Hall–Kier alpha value is -2.21. The zero-order chi connectivity index (χ0) is 14.9. The Bertz CT molecular complexity index is 696. The van der Waals surface area contributed by atoms with E-state index < -0.39 is 5.60 Å². The lowest BCUT2D eigenvalue weighted by molar-refractivity contribution is 0.0544. The average Bonchev–Trinajstić information content (AvgIpc) is 2.71. The molecule has 0 fully saturated rings. The number of nitrogens with zero attached hydrogens (tertiary/aromatic N) is 1. The molecule has 0 unspecified atom stereocenters. The first-order valence-corrected chi connectivity index (χ1v) is 6.59. The smallest absolute Gasteiger partial charge is 0.418 e. The topological polar surface area (TPSA) is 31.2 Å². The van der Waals surface area contributed by atoms with Crippen molar-refractivity contribution in [1.82, 2.24) is 4.57 Å². The van der Waals surface area contributed by atoms with Gasteiger partial charge >= 0.3 is 6.09 Å². The van der Waals surface area contributed by atoms with Crippen molar-refractivity contribution in [2.24, 2.45) is 0 Å². The first kappa shape index (κ1) is 14.2. The average molecular weight is 269 g/mol. The van der Waals surface area contributed by atoms with E-state index in [4.69, 9.17) is 11.2 Å². The van der Waals surface area contributed by atoms with Gasteiger partial charge in [0, 0.05) is 18.0 Å². The summed E-state index contributed by atoms with van der Waals surface area (Å²) in [6.45, 7) is 7.54. The van der Waals surface area contributed by atoms with Gasteiger partial charge in [0.05, 0.1) is 5.52 Å². The van der Waals surface area contributed by atoms with Crippen LogP contribution in [0.5, 0.6) is 0 Å². The standard InChI is InChI=1S/C17H19NO2/c1-6-7-13-10-12(2)15-14(11-13)8-9-18(15)16(19)20-17(3,4)5/h1,8-11H,7H2,2-5H3. The predicted octanol–water partition coefficient (Wildman–Crippen LogP) is 3.91. The summed E-state index contributed by atoms with van der Waals surface area (Å²) in [5.74, 6) is 2.64. The Morgan fingerprint density at radius 1 is 1.40 bits per heavy atom. The van der Waals surface area contributed by atoms with Gasteiger partial charge in [0.2, 0.25) is 0 Å². The highest BCUT2D eigenvalue weighted by Gasteiger charge is 2.19. The number of fused-ring (bicyclic) bond motifs is 1. The highest BCUT2D eigenvalue weighted by molar-refractivity contribution is 5.92. The minimum Gasteiger partial charge on any atom is -0.443 e. The molecule has 0 aliphatic heterocycles. The molecule has 3 nitrogen and oxygen atoms in total. The molecule has 0 N–H and O–H groups in total. The molecule has 1 aromatic carbocycles. The molecule has 1 aromatic heterocycles. The zero-order valence-electron chi connectivity index (χ0n) is 12.4. The van der Waals surface area contributed by atoms with Gasteiger partial charge in [-0.25, -0.2) is 4.79 Å². The van der Waals surface area contributed by atoms with Gasteiger partial charge in [-0.2, -0.15) is 0 Å². The second-order valence-electron chi connectivity index (χ2n) is 5.90. The summed E-state index contributed by atoms with van der Waals surface area (Å²) in [5.41, 5.74) is 2.47. The van der Waals surface area contributed by atoms with E-state index in [9.17, 15) is 4.79 Å². The van der Waals surface area contributed by atoms with Gasteiger partial charge in [0.25, 0.3) is 0 Å². The molecule has 0 radical (unpaired) electrons. The van der Waals surface area contributed by atoms with Crippen molar-refractivity contribution in [3.05, 3.63) is 35.5 Å². The van der Waals surface area contributed by atoms with Crippen LogP contribution in [0.3, 0.4) is 0 Å². The molecule has 0 bridgehead atoms. The van der Waals surface area contributed by atoms with Crippen LogP contribution in [0.25, 0.3) is 10.9 Å². The minimum atomic E-state index is -0.509. The normalized spacial score (nSPS) is 11.3. The fraction of sp³-hybridized carbons (Fsp3) is 0.353. The van der Waals surface area contributed by atoms with Crippen LogP contribution in [0.15, 0.2) is 24.4 Å². The van der Waals surface area contributed by atoms with Crippen LogP contribution in [0.2, 0.25) is 0 Å². The van der Waals surface area contributed by atoms with Crippen molar-refractivity contribution < 1.29 is 9.53 Å². The highest BCUT2D eigenvalue weighted by Crippen LogP contribution is 2.23. The van der Waals surface area contributed by atoms with E-state index in [1.165, 1.54) is 0 Å². The van der Waals surface area contributed by atoms with Gasteiger partial charge in [-0.3, -0.25) is 4.57 Å². The van der Waals surface area contributed by atoms with Gasteiger partial charge < -0.3 is 4.74 Å². The summed E-state index contributed by atoms with van der Waals surface area (Å²) in [5, 5.41) is 1.00. The van der Waals surface area contributed by atoms with Crippen molar-refractivity contribution in [3.63, 3.8) is 0 Å². The Morgan fingerprint density at radius 3 is 2.70 bits per heavy atom. The van der Waals surface area contributed by atoms with Crippen LogP contribution in [0, 0.1) is 19.3 Å². The summed E-state index contributed by atoms with van der Waals surface area (Å²) in [4.78, 5) is 12.2. The molecule has 20 heavy (non-hydrogen) atoms. The van der Waals surface area contributed by atoms with Crippen LogP contribution in [0.4, 0.5) is 4.79 Å². The lowest BCUT2D eigenvalue weighted by Gasteiger charge is -2.20. The van der Waals surface area contributed by atoms with E-state index in [0.29, 0.717) is 6.42 Å². The number of hydrogen-bond acceptors (Lipinski definition) is 2. The van der Waals surface area contributed by atoms with E-state index in [0.717, 1.165) is 22.0 Å². The van der Waals surface area contributed by atoms with E-state index in [2.05, 4.69) is 5.92 Å². The number of aromatic nitrogens is 1. The number of benzene rings is 1. The van der Waals surface area contributed by atoms with E-state index >= 15 is 0 Å². The van der Waals surface area contributed by atoms with Crippen LogP contribution in [-0.4, -0.2) is 16.3 Å². The van der Waals surface area contributed by atoms with Crippen LogP contribution in [-0.2, 0) is 11.2 Å². The Labute approximate surface area is 119 Å². The number of hydrogen-bond donors (Lipinski definition) is 0. The molecule has 0 spiro atoms. The summed E-state index contributed by atoms with van der Waals surface area (Å²) in [7, 11) is 0. The van der Waals surface area contributed by atoms with Crippen LogP contribution in [0.1, 0.15) is 31.9 Å². The van der Waals surface area contributed by atoms with Gasteiger partial charge in [0.15, 0.2) is 0 Å². The molecule has 0 amide bonds. The molecule has 3 heteroatoms. The minimum absolute atomic E-state index is 0.361. The van der Waals surface area contributed by atoms with Crippen molar-refractivity contribution in [2.75, 3.05) is 0 Å². The maximum absolute atomic E-state index is 12.2. The molecule has 2 aromatic rings. The quantitative estimate of drug-likeness (QED) is 0.735. The third kappa shape index (κ3) is 2.85. The zero-order valence-corrected chi connectivity index (χ0v) is 12.4. The first-order valence-electron chi connectivity index (χ1n) is 6.59. The molecular weight excluding hydrogens is 250 g/mol. The summed E-state index contributed by atoms with van der Waals surface area (Å²) < 4.78 is 6.97. The second kappa shape index (κ2) is 5.05. The molecule has 0 saturated heterocycles. The van der Waals surface area contributed by atoms with Gasteiger partial charge in [-0.1, -0.05) is 6.07 Å². The molecule has 1 heterocycles. The van der Waals surface area contributed by atoms with Crippen molar-refractivity contribution >= 4 is 17.0 Å². The third-order valence-electron chi connectivity index (χ3n) is 2.93. The van der Waals surface area contributed by atoms with Gasteiger partial charge in [-0.05, 0) is 51.0 Å². The fourth-order valence-corrected chi connectivity index (χ4v) is 2.25. The molecule has 104 valence electrons. The fourth-order valence-electron chi connectivity index (χ4n) is 2.25. The molecule has 0 aliphatic rings. The maximum atomic E-state index is 12.2. The predicted molar refractivity (Wildman–Crippen MR) is 80.8 cm³/mol. The monoisotopic (exact) mass is 269 g/mol. The number of ether oxygens (including phenoxy) is 1. The van der Waals surface area contributed by atoms with Crippen molar-refractivity contribution in [1.29, 1.82) is 0 Å². The Balaban J connectivity index is 2.47. The van der Waals surface area contributed by atoms with Crippen LogP contribution >= 0.6 is 0 Å². The molecule has 2 rings (SSSR count). The number of rotatable bonds is 1. The van der Waals surface area contributed by atoms with Gasteiger partial charge in [0.1, 0.15) is 5.60 Å². The largest absolute Gasteiger partial charge is 0.443 e. The summed E-state index contributed by atoms with van der Waals surface area (Å²) in [6.07, 6.45) is 7.32. The molecule has 0 aliphatic carbocycles. The number of terminal acetylenes is 1. The lowest BCUT2D eigenvalue weighted by atomic mass is 10.1. The Kier molecular flexibility index (Phi) is 3.59. The van der Waals surface area contributed by atoms with Crippen LogP contribution < -0.4 is 0 Å². The lowest BCUT2D eigenvalue weighted by Crippen LogP contribution is -2.26. The molecule has 0 atom stereocenters. The summed E-state index contributed by atoms with van der Waals surface area (Å²) in [6, 6.07) is 5.94. The maximum Gasteiger partial charge on any atom is 0.418 e. The van der Waals surface area contributed by atoms with Crippen molar-refractivity contribution in [2.45, 2.75) is 39.7 Å². The SMILES string of the molecule is C#CCc1cc(C)c2c(ccn2C(=O)OC(C)(C)C)c1.